The first-order valence-electron chi connectivity index (χ1n) is 7.90. The summed E-state index contributed by atoms with van der Waals surface area (Å²) in [6.45, 7) is 2.03. The number of aryl methyl sites for hydroxylation is 1. The number of nitrogens with one attached hydrogen (secondary N) is 1. The number of anilines is 1. The summed E-state index contributed by atoms with van der Waals surface area (Å²) >= 11 is 1.43. The molecule has 0 fully saturated rings. The van der Waals surface area contributed by atoms with E-state index in [9.17, 15) is 4.79 Å². The molecule has 1 aliphatic rings. The number of hydrogen-bond donors (Lipinski definition) is 1. The number of aromatic nitrogens is 2. The number of nitrogens with zero attached hydrogens (tertiary/aromatic N) is 2. The third-order valence-corrected chi connectivity index (χ3v) is 4.72. The van der Waals surface area contributed by atoms with Crippen LogP contribution < -0.4 is 14.8 Å². The Morgan fingerprint density at radius 2 is 2.12 bits per heavy atom. The molecule has 8 heteroatoms. The van der Waals surface area contributed by atoms with Crippen LogP contribution >= 0.6 is 11.8 Å². The average molecular weight is 369 g/mol. The lowest BCUT2D eigenvalue weighted by Crippen LogP contribution is -2.13. The highest BCUT2D eigenvalue weighted by Crippen LogP contribution is 2.34. The molecule has 2 aromatic heterocycles. The molecule has 7 nitrogen and oxygen atoms in total. The van der Waals surface area contributed by atoms with Gasteiger partial charge in [0, 0.05) is 29.8 Å². The van der Waals surface area contributed by atoms with Crippen LogP contribution in [0.1, 0.15) is 21.8 Å². The Labute approximate surface area is 153 Å². The lowest BCUT2D eigenvalue weighted by atomic mass is 10.2. The molecule has 0 saturated carbocycles. The molecular formula is C18H15N3O4S. The number of carbonyl (C=O) groups is 1. The highest BCUT2D eigenvalue weighted by atomic mass is 32.2. The van der Waals surface area contributed by atoms with E-state index in [1.54, 1.807) is 36.5 Å². The summed E-state index contributed by atoms with van der Waals surface area (Å²) in [4.78, 5) is 17.0. The molecule has 0 saturated heterocycles. The maximum absolute atomic E-state index is 12.7. The summed E-state index contributed by atoms with van der Waals surface area (Å²) in [6.07, 6.45) is 1.66. The SMILES string of the molecule is Cc1cc(CSc2ncccc2C(=O)Nc2ccc3c(c2)OCO3)no1. The zero-order valence-corrected chi connectivity index (χ0v) is 14.7. The van der Waals surface area contributed by atoms with Gasteiger partial charge in [-0.3, -0.25) is 4.79 Å². The minimum atomic E-state index is -0.240. The molecular weight excluding hydrogens is 354 g/mol. The molecule has 0 atom stereocenters. The van der Waals surface area contributed by atoms with Crippen LogP contribution in [-0.4, -0.2) is 22.8 Å². The van der Waals surface area contributed by atoms with Crippen molar-refractivity contribution < 1.29 is 18.8 Å². The first-order chi connectivity index (χ1) is 12.7. The molecule has 26 heavy (non-hydrogen) atoms. The smallest absolute Gasteiger partial charge is 0.258 e. The molecule has 1 aromatic carbocycles. The molecule has 0 aliphatic carbocycles. The Balaban J connectivity index is 1.49. The number of fused-ring (bicyclic) bond motifs is 1. The molecule has 3 heterocycles. The number of thioether (sulfide) groups is 1. The summed E-state index contributed by atoms with van der Waals surface area (Å²) in [5.74, 6) is 2.37. The largest absolute Gasteiger partial charge is 0.454 e. The molecule has 0 unspecified atom stereocenters. The van der Waals surface area contributed by atoms with Crippen LogP contribution in [-0.2, 0) is 5.75 Å². The van der Waals surface area contributed by atoms with E-state index in [-0.39, 0.29) is 12.7 Å². The molecule has 0 radical (unpaired) electrons. The van der Waals surface area contributed by atoms with Crippen LogP contribution in [0.25, 0.3) is 0 Å². The van der Waals surface area contributed by atoms with E-state index < -0.39 is 0 Å². The highest BCUT2D eigenvalue weighted by Gasteiger charge is 2.17. The van der Waals surface area contributed by atoms with Gasteiger partial charge in [-0.2, -0.15) is 0 Å². The van der Waals surface area contributed by atoms with Gasteiger partial charge in [-0.1, -0.05) is 16.9 Å². The topological polar surface area (TPSA) is 86.5 Å². The maximum Gasteiger partial charge on any atom is 0.258 e. The molecule has 1 N–H and O–H groups in total. The molecule has 0 bridgehead atoms. The summed E-state index contributed by atoms with van der Waals surface area (Å²) < 4.78 is 15.7. The van der Waals surface area contributed by atoms with Gasteiger partial charge in [0.1, 0.15) is 10.8 Å². The fourth-order valence-corrected chi connectivity index (χ4v) is 3.35. The summed E-state index contributed by atoms with van der Waals surface area (Å²) in [5, 5.41) is 7.46. The van der Waals surface area contributed by atoms with Crippen LogP contribution in [0.15, 0.2) is 52.1 Å². The van der Waals surface area contributed by atoms with Crippen molar-refractivity contribution in [3.63, 3.8) is 0 Å². The Morgan fingerprint density at radius 1 is 1.23 bits per heavy atom. The third kappa shape index (κ3) is 3.50. The zero-order chi connectivity index (χ0) is 17.9. The fraction of sp³-hybridized carbons (Fsp3) is 0.167. The molecule has 4 rings (SSSR count). The van der Waals surface area contributed by atoms with Crippen molar-refractivity contribution in [1.82, 2.24) is 10.1 Å². The zero-order valence-electron chi connectivity index (χ0n) is 13.9. The van der Waals surface area contributed by atoms with Crippen molar-refractivity contribution >= 4 is 23.4 Å². The van der Waals surface area contributed by atoms with Crippen molar-refractivity contribution in [3.8, 4) is 11.5 Å². The van der Waals surface area contributed by atoms with Gasteiger partial charge in [0.15, 0.2) is 11.5 Å². The first-order valence-corrected chi connectivity index (χ1v) is 8.88. The fourth-order valence-electron chi connectivity index (χ4n) is 2.48. The second-order valence-corrected chi connectivity index (χ2v) is 6.56. The molecule has 1 amide bonds. The van der Waals surface area contributed by atoms with Gasteiger partial charge >= 0.3 is 0 Å². The van der Waals surface area contributed by atoms with Crippen molar-refractivity contribution in [2.45, 2.75) is 17.7 Å². The van der Waals surface area contributed by atoms with E-state index in [0.29, 0.717) is 33.5 Å². The maximum atomic E-state index is 12.7. The predicted molar refractivity (Wildman–Crippen MR) is 95.6 cm³/mol. The Kier molecular flexibility index (Phi) is 4.49. The monoisotopic (exact) mass is 369 g/mol. The second kappa shape index (κ2) is 7.09. The van der Waals surface area contributed by atoms with Gasteiger partial charge in [-0.25, -0.2) is 4.98 Å². The van der Waals surface area contributed by atoms with Gasteiger partial charge < -0.3 is 19.3 Å². The molecule has 3 aromatic rings. The summed E-state index contributed by atoms with van der Waals surface area (Å²) in [5.41, 5.74) is 1.93. The number of pyridine rings is 1. The van der Waals surface area contributed by atoms with E-state index >= 15 is 0 Å². The summed E-state index contributed by atoms with van der Waals surface area (Å²) in [7, 11) is 0. The van der Waals surface area contributed by atoms with Crippen molar-refractivity contribution in [2.75, 3.05) is 12.1 Å². The Bertz CT molecular complexity index is 957. The first kappa shape index (κ1) is 16.5. The van der Waals surface area contributed by atoms with Crippen LogP contribution in [0.4, 0.5) is 5.69 Å². The molecule has 0 spiro atoms. The lowest BCUT2D eigenvalue weighted by molar-refractivity contribution is 0.102. The standard InChI is InChI=1S/C18H15N3O4S/c1-11-7-13(21-25-11)9-26-18-14(3-2-6-19-18)17(22)20-12-4-5-15-16(8-12)24-10-23-15/h2-8H,9-10H2,1H3,(H,20,22). The normalized spacial score (nSPS) is 12.2. The summed E-state index contributed by atoms with van der Waals surface area (Å²) in [6, 6.07) is 10.6. The van der Waals surface area contributed by atoms with Crippen molar-refractivity contribution in [3.05, 3.63) is 59.6 Å². The number of amides is 1. The number of benzene rings is 1. The van der Waals surface area contributed by atoms with Crippen LogP contribution in [0.2, 0.25) is 0 Å². The van der Waals surface area contributed by atoms with Gasteiger partial charge in [-0.05, 0) is 31.2 Å². The molecule has 1 aliphatic heterocycles. The second-order valence-electron chi connectivity index (χ2n) is 5.60. The number of carbonyl (C=O) groups excluding carboxylic acids is 1. The van der Waals surface area contributed by atoms with Gasteiger partial charge in [0.25, 0.3) is 5.91 Å². The van der Waals surface area contributed by atoms with Crippen LogP contribution in [0, 0.1) is 6.92 Å². The van der Waals surface area contributed by atoms with Gasteiger partial charge in [0.2, 0.25) is 6.79 Å². The minimum absolute atomic E-state index is 0.192. The number of rotatable bonds is 5. The predicted octanol–water partition coefficient (Wildman–Crippen LogP) is 3.65. The quantitative estimate of drug-likeness (QED) is 0.687. The Morgan fingerprint density at radius 3 is 2.96 bits per heavy atom. The number of hydrogen-bond acceptors (Lipinski definition) is 7. The molecule has 132 valence electrons. The third-order valence-electron chi connectivity index (χ3n) is 3.68. The van der Waals surface area contributed by atoms with Crippen molar-refractivity contribution in [2.24, 2.45) is 0 Å². The van der Waals surface area contributed by atoms with Crippen LogP contribution in [0.5, 0.6) is 11.5 Å². The average Bonchev–Trinajstić information content (AvgIpc) is 3.28. The van der Waals surface area contributed by atoms with Crippen molar-refractivity contribution in [1.29, 1.82) is 0 Å². The highest BCUT2D eigenvalue weighted by molar-refractivity contribution is 7.98. The van der Waals surface area contributed by atoms with Crippen LogP contribution in [0.3, 0.4) is 0 Å². The van der Waals surface area contributed by atoms with Gasteiger partial charge in [0.05, 0.1) is 11.3 Å². The van der Waals surface area contributed by atoms with E-state index in [0.717, 1.165) is 11.5 Å². The van der Waals surface area contributed by atoms with E-state index in [2.05, 4.69) is 15.5 Å². The minimum Gasteiger partial charge on any atom is -0.454 e. The van der Waals surface area contributed by atoms with E-state index in [4.69, 9.17) is 14.0 Å². The van der Waals surface area contributed by atoms with Gasteiger partial charge in [-0.15, -0.1) is 0 Å². The lowest BCUT2D eigenvalue weighted by Gasteiger charge is -2.09. The van der Waals surface area contributed by atoms with E-state index in [1.165, 1.54) is 11.8 Å². The number of ether oxygens (including phenoxy) is 2. The Hall–Kier alpha value is -3.00. The van der Waals surface area contributed by atoms with E-state index in [1.807, 2.05) is 13.0 Å².